The van der Waals surface area contributed by atoms with E-state index in [-0.39, 0.29) is 16.8 Å². The maximum atomic E-state index is 12.6. The van der Waals surface area contributed by atoms with Crippen LogP contribution in [-0.4, -0.2) is 14.3 Å². The van der Waals surface area contributed by atoms with Crippen LogP contribution in [0.2, 0.25) is 0 Å². The molecule has 0 bridgehead atoms. The molecule has 0 saturated carbocycles. The number of rotatable bonds is 5. The first-order valence-electron chi connectivity index (χ1n) is 8.24. The summed E-state index contributed by atoms with van der Waals surface area (Å²) in [6.45, 7) is 3.21. The highest BCUT2D eigenvalue weighted by molar-refractivity contribution is 7.89. The van der Waals surface area contributed by atoms with E-state index < -0.39 is 10.0 Å². The van der Waals surface area contributed by atoms with Crippen molar-refractivity contribution >= 4 is 32.4 Å². The molecule has 1 atom stereocenters. The van der Waals surface area contributed by atoms with Crippen LogP contribution in [0.4, 0.5) is 5.69 Å². The summed E-state index contributed by atoms with van der Waals surface area (Å²) in [6, 6.07) is 19.5. The van der Waals surface area contributed by atoms with Crippen molar-refractivity contribution in [2.45, 2.75) is 24.8 Å². The van der Waals surface area contributed by atoms with Gasteiger partial charge in [-0.15, -0.1) is 0 Å². The number of sulfonamides is 1. The molecular formula is C20H20N2O3S. The summed E-state index contributed by atoms with van der Waals surface area (Å²) in [6.07, 6.45) is 0. The van der Waals surface area contributed by atoms with Gasteiger partial charge in [0.1, 0.15) is 0 Å². The Bertz CT molecular complexity index is 1040. The number of carbonyl (C=O) groups excluding carboxylic acids is 1. The van der Waals surface area contributed by atoms with Gasteiger partial charge in [-0.25, -0.2) is 13.1 Å². The fraction of sp³-hybridized carbons (Fsp3) is 0.150. The van der Waals surface area contributed by atoms with Crippen LogP contribution < -0.4 is 10.0 Å². The second-order valence-corrected chi connectivity index (χ2v) is 7.87. The number of amides is 1. The molecule has 1 amide bonds. The van der Waals surface area contributed by atoms with E-state index in [1.807, 2.05) is 49.4 Å². The molecule has 0 heterocycles. The summed E-state index contributed by atoms with van der Waals surface area (Å²) in [4.78, 5) is 11.2. The van der Waals surface area contributed by atoms with E-state index in [4.69, 9.17) is 0 Å². The Balaban J connectivity index is 1.80. The van der Waals surface area contributed by atoms with Gasteiger partial charge < -0.3 is 5.32 Å². The predicted molar refractivity (Wildman–Crippen MR) is 103 cm³/mol. The van der Waals surface area contributed by atoms with Crippen molar-refractivity contribution in [3.8, 4) is 0 Å². The molecule has 5 nitrogen and oxygen atoms in total. The van der Waals surface area contributed by atoms with Gasteiger partial charge in [-0.2, -0.15) is 0 Å². The zero-order valence-corrected chi connectivity index (χ0v) is 15.4. The van der Waals surface area contributed by atoms with Crippen LogP contribution in [0.5, 0.6) is 0 Å². The van der Waals surface area contributed by atoms with Crippen LogP contribution in [0.3, 0.4) is 0 Å². The van der Waals surface area contributed by atoms with E-state index in [1.54, 1.807) is 12.1 Å². The first kappa shape index (κ1) is 18.1. The minimum absolute atomic E-state index is 0.152. The SMILES string of the molecule is CC(=O)Nc1ccc(S(=O)(=O)N[C@@H](C)c2ccc3ccccc3c2)cc1. The summed E-state index contributed by atoms with van der Waals surface area (Å²) in [5, 5.41) is 4.79. The van der Waals surface area contributed by atoms with E-state index >= 15 is 0 Å². The minimum atomic E-state index is -3.67. The Labute approximate surface area is 153 Å². The molecular weight excluding hydrogens is 348 g/mol. The minimum Gasteiger partial charge on any atom is -0.326 e. The fourth-order valence-electron chi connectivity index (χ4n) is 2.77. The third-order valence-corrected chi connectivity index (χ3v) is 5.65. The van der Waals surface area contributed by atoms with Crippen molar-refractivity contribution in [1.82, 2.24) is 4.72 Å². The van der Waals surface area contributed by atoms with Crippen LogP contribution >= 0.6 is 0 Å². The monoisotopic (exact) mass is 368 g/mol. The second kappa shape index (κ2) is 7.27. The molecule has 0 aromatic heterocycles. The molecule has 3 rings (SSSR count). The summed E-state index contributed by atoms with van der Waals surface area (Å²) in [5.74, 6) is -0.205. The largest absolute Gasteiger partial charge is 0.326 e. The van der Waals surface area contributed by atoms with Gasteiger partial charge in [0.25, 0.3) is 0 Å². The fourth-order valence-corrected chi connectivity index (χ4v) is 4.00. The number of hydrogen-bond donors (Lipinski definition) is 2. The molecule has 0 unspecified atom stereocenters. The molecule has 0 aliphatic heterocycles. The normalized spacial score (nSPS) is 12.7. The smallest absolute Gasteiger partial charge is 0.241 e. The van der Waals surface area contributed by atoms with Crippen molar-refractivity contribution in [2.24, 2.45) is 0 Å². The molecule has 3 aromatic carbocycles. The molecule has 3 aromatic rings. The van der Waals surface area contributed by atoms with Gasteiger partial charge in [-0.3, -0.25) is 4.79 Å². The lowest BCUT2D eigenvalue weighted by Gasteiger charge is -2.15. The third-order valence-electron chi connectivity index (χ3n) is 4.09. The van der Waals surface area contributed by atoms with Crippen molar-refractivity contribution in [2.75, 3.05) is 5.32 Å². The quantitative estimate of drug-likeness (QED) is 0.718. The number of benzene rings is 3. The molecule has 0 spiro atoms. The van der Waals surface area contributed by atoms with Crippen molar-refractivity contribution in [1.29, 1.82) is 0 Å². The van der Waals surface area contributed by atoms with Crippen LogP contribution in [-0.2, 0) is 14.8 Å². The Morgan fingerprint density at radius 3 is 2.23 bits per heavy atom. The van der Waals surface area contributed by atoms with E-state index in [2.05, 4.69) is 10.0 Å². The lowest BCUT2D eigenvalue weighted by Crippen LogP contribution is -2.26. The highest BCUT2D eigenvalue weighted by Gasteiger charge is 2.18. The molecule has 0 radical (unpaired) electrons. The van der Waals surface area contributed by atoms with Crippen LogP contribution in [0, 0.1) is 0 Å². The Hall–Kier alpha value is -2.70. The summed E-state index contributed by atoms with van der Waals surface area (Å²) in [7, 11) is -3.67. The van der Waals surface area contributed by atoms with Crippen LogP contribution in [0.25, 0.3) is 10.8 Å². The van der Waals surface area contributed by atoms with Crippen LogP contribution in [0.15, 0.2) is 71.6 Å². The molecule has 26 heavy (non-hydrogen) atoms. The van der Waals surface area contributed by atoms with Gasteiger partial charge in [0.05, 0.1) is 4.90 Å². The Morgan fingerprint density at radius 2 is 1.58 bits per heavy atom. The maximum absolute atomic E-state index is 12.6. The standard InChI is InChI=1S/C20H20N2O3S/c1-14(17-8-7-16-5-3-4-6-18(16)13-17)22-26(24,25)20-11-9-19(10-12-20)21-15(2)23/h3-14,22H,1-2H3,(H,21,23)/t14-/m0/s1. The molecule has 6 heteroatoms. The lowest BCUT2D eigenvalue weighted by molar-refractivity contribution is -0.114. The van der Waals surface area contributed by atoms with Crippen molar-refractivity contribution in [3.05, 3.63) is 72.3 Å². The number of carbonyl (C=O) groups is 1. The van der Waals surface area contributed by atoms with E-state index in [9.17, 15) is 13.2 Å². The molecule has 134 valence electrons. The number of nitrogens with one attached hydrogen (secondary N) is 2. The zero-order valence-electron chi connectivity index (χ0n) is 14.6. The Kier molecular flexibility index (Phi) is 5.06. The second-order valence-electron chi connectivity index (χ2n) is 6.16. The van der Waals surface area contributed by atoms with Crippen molar-refractivity contribution < 1.29 is 13.2 Å². The van der Waals surface area contributed by atoms with Gasteiger partial charge in [0, 0.05) is 18.7 Å². The predicted octanol–water partition coefficient (Wildman–Crippen LogP) is 3.84. The molecule has 0 aliphatic carbocycles. The van der Waals surface area contributed by atoms with E-state index in [0.29, 0.717) is 5.69 Å². The highest BCUT2D eigenvalue weighted by Crippen LogP contribution is 2.22. The molecule has 0 fully saturated rings. The topological polar surface area (TPSA) is 75.3 Å². The highest BCUT2D eigenvalue weighted by atomic mass is 32.2. The average Bonchev–Trinajstić information content (AvgIpc) is 2.61. The van der Waals surface area contributed by atoms with Gasteiger partial charge in [0.15, 0.2) is 0 Å². The van der Waals surface area contributed by atoms with E-state index in [0.717, 1.165) is 16.3 Å². The summed E-state index contributed by atoms with van der Waals surface area (Å²) >= 11 is 0. The van der Waals surface area contributed by atoms with Gasteiger partial charge >= 0.3 is 0 Å². The van der Waals surface area contributed by atoms with Gasteiger partial charge in [0.2, 0.25) is 15.9 Å². The number of fused-ring (bicyclic) bond motifs is 1. The number of anilines is 1. The number of hydrogen-bond acceptors (Lipinski definition) is 3. The Morgan fingerprint density at radius 1 is 0.923 bits per heavy atom. The zero-order chi connectivity index (χ0) is 18.7. The molecule has 0 aliphatic rings. The average molecular weight is 368 g/mol. The summed E-state index contributed by atoms with van der Waals surface area (Å²) in [5.41, 5.74) is 1.45. The first-order valence-corrected chi connectivity index (χ1v) is 9.72. The molecule has 0 saturated heterocycles. The van der Waals surface area contributed by atoms with Crippen molar-refractivity contribution in [3.63, 3.8) is 0 Å². The summed E-state index contributed by atoms with van der Waals surface area (Å²) < 4.78 is 27.9. The maximum Gasteiger partial charge on any atom is 0.241 e. The van der Waals surface area contributed by atoms with Gasteiger partial charge in [-0.1, -0.05) is 36.4 Å². The van der Waals surface area contributed by atoms with Gasteiger partial charge in [-0.05, 0) is 53.6 Å². The first-order chi connectivity index (χ1) is 12.3. The lowest BCUT2D eigenvalue weighted by atomic mass is 10.0. The van der Waals surface area contributed by atoms with Crippen LogP contribution in [0.1, 0.15) is 25.5 Å². The van der Waals surface area contributed by atoms with E-state index in [1.165, 1.54) is 19.1 Å². The third kappa shape index (κ3) is 4.09. The molecule has 2 N–H and O–H groups in total.